The largest absolute Gasteiger partial charge is 0.452 e. The number of rotatable bonds is 6. The van der Waals surface area contributed by atoms with Gasteiger partial charge in [0.1, 0.15) is 0 Å². The molecule has 0 unspecified atom stereocenters. The average Bonchev–Trinajstić information content (AvgIpc) is 3.38. The van der Waals surface area contributed by atoms with E-state index in [1.165, 1.54) is 9.80 Å². The minimum atomic E-state index is -1.54. The third-order valence-corrected chi connectivity index (χ3v) is 6.20. The van der Waals surface area contributed by atoms with Gasteiger partial charge in [0, 0.05) is 25.4 Å². The number of amides is 3. The first-order valence-electron chi connectivity index (χ1n) is 10.7. The van der Waals surface area contributed by atoms with Crippen molar-refractivity contribution < 1.29 is 23.9 Å². The molecule has 8 heteroatoms. The van der Waals surface area contributed by atoms with Crippen molar-refractivity contribution in [3.8, 4) is 0 Å². The van der Waals surface area contributed by atoms with Gasteiger partial charge in [0.05, 0.1) is 11.3 Å². The summed E-state index contributed by atoms with van der Waals surface area (Å²) >= 11 is 0. The summed E-state index contributed by atoms with van der Waals surface area (Å²) in [4.78, 5) is 54.5. The van der Waals surface area contributed by atoms with Gasteiger partial charge in [0.2, 0.25) is 11.6 Å². The molecule has 1 aromatic rings. The van der Waals surface area contributed by atoms with Gasteiger partial charge in [-0.3, -0.25) is 19.3 Å². The van der Waals surface area contributed by atoms with E-state index >= 15 is 0 Å². The Morgan fingerprint density at radius 3 is 2.67 bits per heavy atom. The van der Waals surface area contributed by atoms with E-state index in [4.69, 9.17) is 4.74 Å². The van der Waals surface area contributed by atoms with Gasteiger partial charge in [-0.05, 0) is 31.4 Å². The predicted molar refractivity (Wildman–Crippen MR) is 109 cm³/mol. The molecule has 1 atom stereocenters. The maximum absolute atomic E-state index is 13.3. The molecule has 2 aliphatic heterocycles. The zero-order valence-corrected chi connectivity index (χ0v) is 17.2. The molecule has 1 saturated carbocycles. The second kappa shape index (κ2) is 8.08. The van der Waals surface area contributed by atoms with Crippen LogP contribution in [0, 0.1) is 0 Å². The lowest BCUT2D eigenvalue weighted by Crippen LogP contribution is -2.68. The Morgan fingerprint density at radius 2 is 1.93 bits per heavy atom. The first-order valence-corrected chi connectivity index (χ1v) is 10.7. The summed E-state index contributed by atoms with van der Waals surface area (Å²) in [7, 11) is 0. The molecule has 0 spiro atoms. The maximum atomic E-state index is 13.3. The van der Waals surface area contributed by atoms with E-state index in [-0.39, 0.29) is 36.6 Å². The second-order valence-electron chi connectivity index (χ2n) is 8.14. The Bertz CT molecular complexity index is 879. The number of carbonyl (C=O) groups excluding carboxylic acids is 4. The number of carbonyl (C=O) groups is 4. The summed E-state index contributed by atoms with van der Waals surface area (Å²) in [5.74, 6) is -1.62. The van der Waals surface area contributed by atoms with Gasteiger partial charge in [-0.25, -0.2) is 4.79 Å². The number of nitrogens with one attached hydrogen (secondary N) is 1. The Kier molecular flexibility index (Phi) is 5.49. The fourth-order valence-corrected chi connectivity index (χ4v) is 4.86. The maximum Gasteiger partial charge on any atom is 0.354 e. The van der Waals surface area contributed by atoms with Gasteiger partial charge in [-0.2, -0.15) is 0 Å². The van der Waals surface area contributed by atoms with Crippen molar-refractivity contribution in [1.29, 1.82) is 0 Å². The van der Waals surface area contributed by atoms with Crippen LogP contribution in [0.2, 0.25) is 0 Å². The van der Waals surface area contributed by atoms with E-state index < -0.39 is 18.2 Å². The number of benzene rings is 1. The molecule has 2 fully saturated rings. The van der Waals surface area contributed by atoms with Crippen LogP contribution in [0.25, 0.3) is 0 Å². The smallest absolute Gasteiger partial charge is 0.354 e. The van der Waals surface area contributed by atoms with Gasteiger partial charge >= 0.3 is 5.97 Å². The molecule has 3 aliphatic rings. The Hall–Kier alpha value is -2.90. The third-order valence-electron chi connectivity index (χ3n) is 6.20. The van der Waals surface area contributed by atoms with Crippen LogP contribution < -0.4 is 10.2 Å². The minimum absolute atomic E-state index is 0.124. The van der Waals surface area contributed by atoms with Crippen LogP contribution in [0.4, 0.5) is 5.69 Å². The first kappa shape index (κ1) is 20.4. The van der Waals surface area contributed by atoms with Crippen LogP contribution in [-0.2, 0) is 19.1 Å². The summed E-state index contributed by atoms with van der Waals surface area (Å²) in [5, 5.41) is 2.89. The van der Waals surface area contributed by atoms with E-state index in [0.717, 1.165) is 25.7 Å². The van der Waals surface area contributed by atoms with Crippen molar-refractivity contribution in [3.63, 3.8) is 0 Å². The quantitative estimate of drug-likeness (QED) is 0.720. The number of hydrogen-bond donors (Lipinski definition) is 1. The van der Waals surface area contributed by atoms with E-state index in [2.05, 4.69) is 5.32 Å². The number of para-hydroxylation sites is 1. The topological polar surface area (TPSA) is 96.0 Å². The van der Waals surface area contributed by atoms with Crippen molar-refractivity contribution in [2.24, 2.45) is 0 Å². The van der Waals surface area contributed by atoms with Crippen LogP contribution >= 0.6 is 0 Å². The highest BCUT2D eigenvalue weighted by Gasteiger charge is 2.61. The van der Waals surface area contributed by atoms with Gasteiger partial charge in [0.15, 0.2) is 6.61 Å². The Morgan fingerprint density at radius 1 is 1.20 bits per heavy atom. The van der Waals surface area contributed by atoms with Gasteiger partial charge in [-0.15, -0.1) is 0 Å². The number of esters is 1. The SMILES string of the molecule is CCCN1C(=O)c2ccccc2N2C(=O)CC[C@]12C(=O)OCC(=O)NC1CCCC1. The molecule has 0 aromatic heterocycles. The Balaban J connectivity index is 1.61. The molecule has 1 aromatic carbocycles. The number of nitrogens with zero attached hydrogens (tertiary/aromatic N) is 2. The lowest BCUT2D eigenvalue weighted by Gasteiger charge is -2.48. The molecule has 30 heavy (non-hydrogen) atoms. The summed E-state index contributed by atoms with van der Waals surface area (Å²) in [6.07, 6.45) is 4.92. The molecule has 0 bridgehead atoms. The molecular formula is C22H27N3O5. The van der Waals surface area contributed by atoms with Gasteiger partial charge in [0.25, 0.3) is 11.8 Å². The average molecular weight is 413 g/mol. The number of ether oxygens (including phenoxy) is 1. The van der Waals surface area contributed by atoms with Crippen molar-refractivity contribution in [2.75, 3.05) is 18.1 Å². The van der Waals surface area contributed by atoms with E-state index in [1.807, 2.05) is 6.92 Å². The molecular weight excluding hydrogens is 386 g/mol. The molecule has 3 amide bonds. The predicted octanol–water partition coefficient (Wildman–Crippen LogP) is 1.98. The van der Waals surface area contributed by atoms with E-state index in [1.54, 1.807) is 24.3 Å². The van der Waals surface area contributed by atoms with Crippen molar-refractivity contribution in [2.45, 2.75) is 63.6 Å². The molecule has 1 N–H and O–H groups in total. The molecule has 1 saturated heterocycles. The van der Waals surface area contributed by atoms with Crippen LogP contribution in [-0.4, -0.2) is 53.4 Å². The Labute approximate surface area is 175 Å². The third kappa shape index (κ3) is 3.24. The molecule has 2 heterocycles. The molecule has 160 valence electrons. The number of hydrogen-bond acceptors (Lipinski definition) is 5. The summed E-state index contributed by atoms with van der Waals surface area (Å²) < 4.78 is 5.41. The second-order valence-corrected chi connectivity index (χ2v) is 8.14. The molecule has 4 rings (SSSR count). The fourth-order valence-electron chi connectivity index (χ4n) is 4.86. The molecule has 8 nitrogen and oxygen atoms in total. The highest BCUT2D eigenvalue weighted by atomic mass is 16.5. The van der Waals surface area contributed by atoms with Crippen LogP contribution in [0.5, 0.6) is 0 Å². The molecule has 0 radical (unpaired) electrons. The van der Waals surface area contributed by atoms with Crippen molar-refractivity contribution >= 4 is 29.4 Å². The summed E-state index contributed by atoms with van der Waals surface area (Å²) in [5.41, 5.74) is -0.722. The minimum Gasteiger partial charge on any atom is -0.452 e. The number of fused-ring (bicyclic) bond motifs is 3. The van der Waals surface area contributed by atoms with Crippen molar-refractivity contribution in [3.05, 3.63) is 29.8 Å². The summed E-state index contributed by atoms with van der Waals surface area (Å²) in [6, 6.07) is 6.93. The van der Waals surface area contributed by atoms with Crippen LogP contribution in [0.3, 0.4) is 0 Å². The number of anilines is 1. The normalized spacial score (nSPS) is 23.4. The lowest BCUT2D eigenvalue weighted by atomic mass is 9.96. The highest BCUT2D eigenvalue weighted by molar-refractivity contribution is 6.15. The fraction of sp³-hybridized carbons (Fsp3) is 0.545. The molecule has 1 aliphatic carbocycles. The standard InChI is InChI=1S/C22H27N3O5/c1-2-13-24-20(28)16-9-5-6-10-17(16)25-19(27)11-12-22(24,25)21(29)30-14-18(26)23-15-7-3-4-8-15/h5-6,9-10,15H,2-4,7-8,11-14H2,1H3,(H,23,26)/t22-/m0/s1. The van der Waals surface area contributed by atoms with Crippen LogP contribution in [0.15, 0.2) is 24.3 Å². The first-order chi connectivity index (χ1) is 14.5. The zero-order chi connectivity index (χ0) is 21.3. The highest BCUT2D eigenvalue weighted by Crippen LogP contribution is 2.45. The van der Waals surface area contributed by atoms with E-state index in [9.17, 15) is 19.2 Å². The van der Waals surface area contributed by atoms with Gasteiger partial charge < -0.3 is 15.0 Å². The monoisotopic (exact) mass is 413 g/mol. The lowest BCUT2D eigenvalue weighted by molar-refractivity contribution is -0.160. The zero-order valence-electron chi connectivity index (χ0n) is 17.2. The van der Waals surface area contributed by atoms with E-state index in [0.29, 0.717) is 24.2 Å². The van der Waals surface area contributed by atoms with Crippen LogP contribution in [0.1, 0.15) is 62.2 Å². The summed E-state index contributed by atoms with van der Waals surface area (Å²) in [6.45, 7) is 1.79. The van der Waals surface area contributed by atoms with Crippen molar-refractivity contribution in [1.82, 2.24) is 10.2 Å². The van der Waals surface area contributed by atoms with Gasteiger partial charge in [-0.1, -0.05) is 31.9 Å².